The molecule has 5 nitrogen and oxygen atoms in total. The Labute approximate surface area is 174 Å². The third-order valence-electron chi connectivity index (χ3n) is 4.91. The van der Waals surface area contributed by atoms with Gasteiger partial charge in [0.15, 0.2) is 0 Å². The normalized spacial score (nSPS) is 11.5. The molecule has 4 rings (SSSR count). The van der Waals surface area contributed by atoms with Crippen molar-refractivity contribution in [2.45, 2.75) is 6.18 Å². The predicted octanol–water partition coefficient (Wildman–Crippen LogP) is 4.87. The molecule has 2 aromatic carbocycles. The monoisotopic (exact) mass is 423 g/mol. The van der Waals surface area contributed by atoms with E-state index < -0.39 is 23.1 Å². The molecule has 0 unspecified atom stereocenters. The summed E-state index contributed by atoms with van der Waals surface area (Å²) in [5.41, 5.74) is -0.653. The maximum absolute atomic E-state index is 13.7. The Morgan fingerprint density at radius 3 is 2.45 bits per heavy atom. The summed E-state index contributed by atoms with van der Waals surface area (Å²) in [5, 5.41) is 2.77. The number of rotatable bonds is 3. The molecule has 8 heteroatoms. The molecule has 0 bridgehead atoms. The van der Waals surface area contributed by atoms with Crippen molar-refractivity contribution in [1.29, 1.82) is 0 Å². The predicted molar refractivity (Wildman–Crippen MR) is 112 cm³/mol. The largest absolute Gasteiger partial charge is 0.417 e. The van der Waals surface area contributed by atoms with Crippen LogP contribution in [0.1, 0.15) is 15.9 Å². The Kier molecular flexibility index (Phi) is 5.06. The number of hydrogen-bond donors (Lipinski definition) is 1. The van der Waals surface area contributed by atoms with Gasteiger partial charge in [0.25, 0.3) is 5.91 Å². The van der Waals surface area contributed by atoms with E-state index in [-0.39, 0.29) is 16.8 Å². The van der Waals surface area contributed by atoms with Gasteiger partial charge in [-0.1, -0.05) is 18.2 Å². The fraction of sp³-hybridized carbons (Fsp3) is 0.0870. The van der Waals surface area contributed by atoms with Crippen LogP contribution in [0.5, 0.6) is 0 Å². The number of hydrogen-bond acceptors (Lipinski definition) is 3. The first-order valence-electron chi connectivity index (χ1n) is 9.27. The van der Waals surface area contributed by atoms with Gasteiger partial charge in [-0.05, 0) is 47.5 Å². The average Bonchev–Trinajstić information content (AvgIpc) is 2.76. The molecule has 0 radical (unpaired) electrons. The van der Waals surface area contributed by atoms with Crippen LogP contribution in [-0.2, 0) is 13.2 Å². The molecule has 0 spiro atoms. The van der Waals surface area contributed by atoms with Crippen molar-refractivity contribution in [1.82, 2.24) is 9.55 Å². The SMILES string of the molecule is Cn1cc(C(=O)Nc2ccc(-c3ccncc3)c(C(F)(F)F)c2)c(=O)c2ccccc21. The number of halogens is 3. The van der Waals surface area contributed by atoms with Crippen molar-refractivity contribution >= 4 is 22.5 Å². The van der Waals surface area contributed by atoms with Crippen LogP contribution < -0.4 is 10.7 Å². The fourth-order valence-corrected chi connectivity index (χ4v) is 3.44. The van der Waals surface area contributed by atoms with Gasteiger partial charge < -0.3 is 9.88 Å². The lowest BCUT2D eigenvalue weighted by atomic mass is 9.99. The van der Waals surface area contributed by atoms with Crippen LogP contribution in [0.15, 0.2) is 78.0 Å². The zero-order valence-electron chi connectivity index (χ0n) is 16.3. The van der Waals surface area contributed by atoms with Crippen molar-refractivity contribution < 1.29 is 18.0 Å². The zero-order valence-corrected chi connectivity index (χ0v) is 16.3. The molecule has 0 saturated heterocycles. The molecular weight excluding hydrogens is 407 g/mol. The Morgan fingerprint density at radius 2 is 1.74 bits per heavy atom. The summed E-state index contributed by atoms with van der Waals surface area (Å²) in [7, 11) is 1.68. The lowest BCUT2D eigenvalue weighted by molar-refractivity contribution is -0.137. The Bertz CT molecular complexity index is 1350. The smallest absolute Gasteiger partial charge is 0.350 e. The number of anilines is 1. The minimum atomic E-state index is -4.64. The van der Waals surface area contributed by atoms with Crippen LogP contribution in [0.25, 0.3) is 22.0 Å². The van der Waals surface area contributed by atoms with E-state index >= 15 is 0 Å². The second-order valence-corrected chi connectivity index (χ2v) is 6.95. The van der Waals surface area contributed by atoms with E-state index in [4.69, 9.17) is 0 Å². The lowest BCUT2D eigenvalue weighted by Gasteiger charge is -2.15. The van der Waals surface area contributed by atoms with Crippen molar-refractivity contribution in [3.05, 3.63) is 94.5 Å². The number of benzene rings is 2. The number of para-hydroxylation sites is 1. The highest BCUT2D eigenvalue weighted by molar-refractivity contribution is 6.06. The number of nitrogens with zero attached hydrogens (tertiary/aromatic N) is 2. The number of alkyl halides is 3. The van der Waals surface area contributed by atoms with Gasteiger partial charge in [-0.25, -0.2) is 0 Å². The lowest BCUT2D eigenvalue weighted by Crippen LogP contribution is -2.23. The molecule has 0 aliphatic heterocycles. The highest BCUT2D eigenvalue weighted by Crippen LogP contribution is 2.38. The molecule has 1 N–H and O–H groups in total. The third-order valence-corrected chi connectivity index (χ3v) is 4.91. The number of carbonyl (C=O) groups is 1. The minimum absolute atomic E-state index is 0.0329. The Balaban J connectivity index is 1.73. The van der Waals surface area contributed by atoms with Gasteiger partial charge in [-0.2, -0.15) is 13.2 Å². The zero-order chi connectivity index (χ0) is 22.2. The van der Waals surface area contributed by atoms with Gasteiger partial charge in [-0.3, -0.25) is 14.6 Å². The van der Waals surface area contributed by atoms with Crippen molar-refractivity contribution in [3.8, 4) is 11.1 Å². The Hall–Kier alpha value is -3.94. The first-order valence-corrected chi connectivity index (χ1v) is 9.27. The van der Waals surface area contributed by atoms with E-state index in [2.05, 4.69) is 10.3 Å². The molecule has 0 aliphatic rings. The van der Waals surface area contributed by atoms with Crippen LogP contribution in [0, 0.1) is 0 Å². The molecule has 4 aromatic rings. The number of aryl methyl sites for hydroxylation is 1. The van der Waals surface area contributed by atoms with Crippen molar-refractivity contribution in [3.63, 3.8) is 0 Å². The van der Waals surface area contributed by atoms with Gasteiger partial charge in [0.05, 0.1) is 11.1 Å². The maximum atomic E-state index is 13.7. The van der Waals surface area contributed by atoms with Crippen molar-refractivity contribution in [2.24, 2.45) is 7.05 Å². The molecule has 1 amide bonds. The maximum Gasteiger partial charge on any atom is 0.417 e. The van der Waals surface area contributed by atoms with E-state index in [1.165, 1.54) is 42.9 Å². The summed E-state index contributed by atoms with van der Waals surface area (Å²) in [4.78, 5) is 29.3. The van der Waals surface area contributed by atoms with Crippen LogP contribution in [0.4, 0.5) is 18.9 Å². The number of nitrogens with one attached hydrogen (secondary N) is 1. The second-order valence-electron chi connectivity index (χ2n) is 6.95. The van der Waals surface area contributed by atoms with E-state index in [1.807, 2.05) is 0 Å². The fourth-order valence-electron chi connectivity index (χ4n) is 3.44. The summed E-state index contributed by atoms with van der Waals surface area (Å²) < 4.78 is 42.7. The molecule has 31 heavy (non-hydrogen) atoms. The third kappa shape index (κ3) is 3.92. The number of aromatic nitrogens is 2. The summed E-state index contributed by atoms with van der Waals surface area (Å²) in [6.45, 7) is 0. The van der Waals surface area contributed by atoms with Gasteiger partial charge in [-0.15, -0.1) is 0 Å². The number of fused-ring (bicyclic) bond motifs is 1. The number of carbonyl (C=O) groups excluding carboxylic acids is 1. The molecule has 156 valence electrons. The number of pyridine rings is 2. The van der Waals surface area contributed by atoms with Gasteiger partial charge in [0.1, 0.15) is 5.56 Å². The standard InChI is InChI=1S/C23H16F3N3O2/c1-29-13-18(21(30)17-4-2-3-5-20(17)29)22(31)28-15-6-7-16(14-8-10-27-11-9-14)19(12-15)23(24,25)26/h2-13H,1H3,(H,28,31). The van der Waals surface area contributed by atoms with Gasteiger partial charge in [0.2, 0.25) is 5.43 Å². The molecular formula is C23H16F3N3O2. The topological polar surface area (TPSA) is 64.0 Å². The molecule has 0 atom stereocenters. The summed E-state index contributed by atoms with van der Waals surface area (Å²) >= 11 is 0. The summed E-state index contributed by atoms with van der Waals surface area (Å²) in [6.07, 6.45) is -0.463. The number of amides is 1. The molecule has 0 fully saturated rings. The first kappa shape index (κ1) is 20.3. The highest BCUT2D eigenvalue weighted by Gasteiger charge is 2.34. The Morgan fingerprint density at radius 1 is 1.03 bits per heavy atom. The van der Waals surface area contributed by atoms with Crippen molar-refractivity contribution in [2.75, 3.05) is 5.32 Å². The van der Waals surface area contributed by atoms with Crippen LogP contribution in [0.3, 0.4) is 0 Å². The van der Waals surface area contributed by atoms with Crippen LogP contribution in [0.2, 0.25) is 0 Å². The van der Waals surface area contributed by atoms with Gasteiger partial charge in [0, 0.05) is 36.7 Å². The first-order chi connectivity index (χ1) is 14.8. The molecule has 2 heterocycles. The summed E-state index contributed by atoms with van der Waals surface area (Å²) in [6, 6.07) is 13.2. The van der Waals surface area contributed by atoms with Crippen LogP contribution in [-0.4, -0.2) is 15.5 Å². The van der Waals surface area contributed by atoms with E-state index in [0.29, 0.717) is 16.5 Å². The highest BCUT2D eigenvalue weighted by atomic mass is 19.4. The average molecular weight is 423 g/mol. The quantitative estimate of drug-likeness (QED) is 0.511. The summed E-state index contributed by atoms with van der Waals surface area (Å²) in [5.74, 6) is -0.781. The van der Waals surface area contributed by atoms with E-state index in [0.717, 1.165) is 6.07 Å². The van der Waals surface area contributed by atoms with E-state index in [9.17, 15) is 22.8 Å². The molecule has 0 aliphatic carbocycles. The minimum Gasteiger partial charge on any atom is -0.350 e. The molecule has 2 aromatic heterocycles. The second kappa shape index (κ2) is 7.71. The van der Waals surface area contributed by atoms with Gasteiger partial charge >= 0.3 is 6.18 Å². The van der Waals surface area contributed by atoms with Crippen LogP contribution >= 0.6 is 0 Å². The van der Waals surface area contributed by atoms with E-state index in [1.54, 1.807) is 35.9 Å². The molecule has 0 saturated carbocycles.